The number of rotatable bonds is 10. The van der Waals surface area contributed by atoms with Gasteiger partial charge in [0.1, 0.15) is 19.2 Å². The quantitative estimate of drug-likeness (QED) is 0.390. The first-order chi connectivity index (χ1) is 17.0. The van der Waals surface area contributed by atoms with Gasteiger partial charge in [-0.15, -0.1) is 6.58 Å². The van der Waals surface area contributed by atoms with E-state index in [1.165, 1.54) is 6.08 Å². The van der Waals surface area contributed by atoms with E-state index < -0.39 is 30.6 Å². The number of nitrogens with zero attached hydrogens (tertiary/aromatic N) is 1. The Morgan fingerprint density at radius 3 is 2.29 bits per heavy atom. The summed E-state index contributed by atoms with van der Waals surface area (Å²) in [6.07, 6.45) is 2.57. The number of carbonyl (C=O) groups excluding carboxylic acids is 2. The van der Waals surface area contributed by atoms with Crippen molar-refractivity contribution in [2.75, 3.05) is 19.7 Å². The summed E-state index contributed by atoms with van der Waals surface area (Å²) >= 11 is 0. The first-order valence-corrected chi connectivity index (χ1v) is 11.3. The third kappa shape index (κ3) is 5.43. The summed E-state index contributed by atoms with van der Waals surface area (Å²) < 4.78 is 5.59. The highest BCUT2D eigenvalue weighted by atomic mass is 16.5. The number of hydrogen-bond acceptors (Lipinski definition) is 4. The molecular formula is C27H27N3O5. The van der Waals surface area contributed by atoms with Gasteiger partial charge in [0.05, 0.1) is 0 Å². The van der Waals surface area contributed by atoms with Crippen LogP contribution in [0, 0.1) is 0 Å². The first-order valence-electron chi connectivity index (χ1n) is 11.3. The Labute approximate surface area is 203 Å². The average Bonchev–Trinajstić information content (AvgIpc) is 3.47. The SMILES string of the molecule is C=CCN(CC(=O)O)C(=O)C(Cc1ccc[nH]1)NC(=O)OCC1c2ccccc2-c2ccccc21. The van der Waals surface area contributed by atoms with E-state index in [1.54, 1.807) is 18.3 Å². The third-order valence-corrected chi connectivity index (χ3v) is 6.01. The molecular weight excluding hydrogens is 446 g/mol. The lowest BCUT2D eigenvalue weighted by Crippen LogP contribution is -2.51. The van der Waals surface area contributed by atoms with E-state index in [0.717, 1.165) is 32.8 Å². The summed E-state index contributed by atoms with van der Waals surface area (Å²) in [6.45, 7) is 3.24. The second-order valence-electron chi connectivity index (χ2n) is 8.32. The molecule has 0 bridgehead atoms. The summed E-state index contributed by atoms with van der Waals surface area (Å²) in [5, 5.41) is 11.8. The standard InChI is InChI=1S/C27H27N3O5/c1-2-14-30(16-25(31)32)26(33)24(15-18-8-7-13-28-18)29-27(34)35-17-23-21-11-5-3-9-19(21)20-10-4-6-12-22(20)23/h2-13,23-24,28H,1,14-17H2,(H,29,34)(H,31,32). The van der Waals surface area contributed by atoms with E-state index in [2.05, 4.69) is 29.0 Å². The smallest absolute Gasteiger partial charge is 0.407 e. The number of ether oxygens (including phenoxy) is 1. The highest BCUT2D eigenvalue weighted by Crippen LogP contribution is 2.44. The van der Waals surface area contributed by atoms with Crippen LogP contribution in [0.5, 0.6) is 0 Å². The molecule has 1 unspecified atom stereocenters. The minimum absolute atomic E-state index is 0.0404. The largest absolute Gasteiger partial charge is 0.480 e. The summed E-state index contributed by atoms with van der Waals surface area (Å²) in [6, 6.07) is 18.6. The molecule has 4 rings (SSSR count). The van der Waals surface area contributed by atoms with Gasteiger partial charge in [0.25, 0.3) is 0 Å². The molecule has 180 valence electrons. The molecule has 0 spiro atoms. The topological polar surface area (TPSA) is 112 Å². The van der Waals surface area contributed by atoms with Crippen LogP contribution in [0.1, 0.15) is 22.7 Å². The normalized spacial score (nSPS) is 12.8. The van der Waals surface area contributed by atoms with Gasteiger partial charge in [-0.2, -0.15) is 0 Å². The van der Waals surface area contributed by atoms with Crippen LogP contribution in [-0.4, -0.2) is 58.7 Å². The number of carboxylic acid groups (broad SMARTS) is 1. The molecule has 1 heterocycles. The molecule has 0 fully saturated rings. The summed E-state index contributed by atoms with van der Waals surface area (Å²) in [5.74, 6) is -1.80. The number of aliphatic carboxylic acids is 1. The molecule has 35 heavy (non-hydrogen) atoms. The maximum atomic E-state index is 13.1. The van der Waals surface area contributed by atoms with Crippen LogP contribution in [0.3, 0.4) is 0 Å². The summed E-state index contributed by atoms with van der Waals surface area (Å²) in [4.78, 5) is 41.4. The lowest BCUT2D eigenvalue weighted by atomic mass is 9.98. The van der Waals surface area contributed by atoms with Crippen molar-refractivity contribution in [2.24, 2.45) is 0 Å². The molecule has 1 atom stereocenters. The maximum absolute atomic E-state index is 13.1. The zero-order valence-electron chi connectivity index (χ0n) is 19.1. The van der Waals surface area contributed by atoms with E-state index in [0.29, 0.717) is 0 Å². The van der Waals surface area contributed by atoms with Crippen molar-refractivity contribution in [3.63, 3.8) is 0 Å². The number of alkyl carbamates (subject to hydrolysis) is 1. The second kappa shape index (κ2) is 10.7. The number of hydrogen-bond donors (Lipinski definition) is 3. The van der Waals surface area contributed by atoms with E-state index in [-0.39, 0.29) is 25.5 Å². The fraction of sp³-hybridized carbons (Fsp3) is 0.222. The fourth-order valence-electron chi connectivity index (χ4n) is 4.47. The molecule has 1 aliphatic rings. The lowest BCUT2D eigenvalue weighted by Gasteiger charge is -2.25. The molecule has 1 aromatic heterocycles. The molecule has 2 aromatic carbocycles. The number of H-pyrrole nitrogens is 1. The number of fused-ring (bicyclic) bond motifs is 3. The molecule has 8 heteroatoms. The van der Waals surface area contributed by atoms with Crippen LogP contribution < -0.4 is 5.32 Å². The van der Waals surface area contributed by atoms with Crippen molar-refractivity contribution in [1.82, 2.24) is 15.2 Å². The van der Waals surface area contributed by atoms with Crippen LogP contribution in [0.4, 0.5) is 4.79 Å². The minimum atomic E-state index is -1.15. The number of carbonyl (C=O) groups is 3. The van der Waals surface area contributed by atoms with Gasteiger partial charge in [0, 0.05) is 30.8 Å². The zero-order valence-corrected chi connectivity index (χ0v) is 19.1. The van der Waals surface area contributed by atoms with Crippen molar-refractivity contribution >= 4 is 18.0 Å². The van der Waals surface area contributed by atoms with E-state index in [4.69, 9.17) is 4.74 Å². The third-order valence-electron chi connectivity index (χ3n) is 6.01. The Bertz CT molecular complexity index is 1180. The monoisotopic (exact) mass is 473 g/mol. The van der Waals surface area contributed by atoms with Crippen LogP contribution in [0.25, 0.3) is 11.1 Å². The summed E-state index contributed by atoms with van der Waals surface area (Å²) in [5.41, 5.74) is 5.12. The highest BCUT2D eigenvalue weighted by molar-refractivity contribution is 5.88. The second-order valence-corrected chi connectivity index (χ2v) is 8.32. The molecule has 1 aliphatic carbocycles. The van der Waals surface area contributed by atoms with Crippen LogP contribution in [-0.2, 0) is 20.7 Å². The van der Waals surface area contributed by atoms with Crippen LogP contribution in [0.15, 0.2) is 79.5 Å². The van der Waals surface area contributed by atoms with Gasteiger partial charge in [0.2, 0.25) is 5.91 Å². The number of nitrogens with one attached hydrogen (secondary N) is 2. The Balaban J connectivity index is 1.48. The molecule has 3 N–H and O–H groups in total. The average molecular weight is 474 g/mol. The molecule has 3 aromatic rings. The highest BCUT2D eigenvalue weighted by Gasteiger charge is 2.31. The number of aromatic nitrogens is 1. The van der Waals surface area contributed by atoms with Gasteiger partial charge in [-0.05, 0) is 34.4 Å². The minimum Gasteiger partial charge on any atom is -0.480 e. The lowest BCUT2D eigenvalue weighted by molar-refractivity contribution is -0.144. The van der Waals surface area contributed by atoms with Crippen LogP contribution in [0.2, 0.25) is 0 Å². The number of aromatic amines is 1. The number of carboxylic acids is 1. The van der Waals surface area contributed by atoms with Crippen LogP contribution >= 0.6 is 0 Å². The molecule has 0 radical (unpaired) electrons. The van der Waals surface area contributed by atoms with Crippen molar-refractivity contribution in [2.45, 2.75) is 18.4 Å². The zero-order chi connectivity index (χ0) is 24.8. The first kappa shape index (κ1) is 23.8. The predicted molar refractivity (Wildman–Crippen MR) is 131 cm³/mol. The Morgan fingerprint density at radius 1 is 1.06 bits per heavy atom. The summed E-state index contributed by atoms with van der Waals surface area (Å²) in [7, 11) is 0. The van der Waals surface area contributed by atoms with Gasteiger partial charge in [-0.1, -0.05) is 54.6 Å². The van der Waals surface area contributed by atoms with E-state index >= 15 is 0 Å². The molecule has 2 amide bonds. The molecule has 0 aliphatic heterocycles. The van der Waals surface area contributed by atoms with Crippen molar-refractivity contribution < 1.29 is 24.2 Å². The van der Waals surface area contributed by atoms with E-state index in [9.17, 15) is 19.5 Å². The number of benzene rings is 2. The number of amides is 2. The van der Waals surface area contributed by atoms with Gasteiger partial charge in [0.15, 0.2) is 0 Å². The van der Waals surface area contributed by atoms with Gasteiger partial charge < -0.3 is 25.0 Å². The van der Waals surface area contributed by atoms with Crippen molar-refractivity contribution in [3.8, 4) is 11.1 Å². The molecule has 0 saturated heterocycles. The van der Waals surface area contributed by atoms with Crippen molar-refractivity contribution in [1.29, 1.82) is 0 Å². The van der Waals surface area contributed by atoms with Gasteiger partial charge in [-0.3, -0.25) is 9.59 Å². The van der Waals surface area contributed by atoms with E-state index in [1.807, 2.05) is 36.4 Å². The molecule has 8 nitrogen and oxygen atoms in total. The Morgan fingerprint density at radius 2 is 1.71 bits per heavy atom. The predicted octanol–water partition coefficient (Wildman–Crippen LogP) is 3.56. The molecule has 0 saturated carbocycles. The Kier molecular flexibility index (Phi) is 7.30. The van der Waals surface area contributed by atoms with Gasteiger partial charge in [-0.25, -0.2) is 4.79 Å². The van der Waals surface area contributed by atoms with Gasteiger partial charge >= 0.3 is 12.1 Å². The Hall–Kier alpha value is -4.33. The fourth-order valence-corrected chi connectivity index (χ4v) is 4.47. The van der Waals surface area contributed by atoms with Crippen molar-refractivity contribution in [3.05, 3.63) is 96.3 Å². The maximum Gasteiger partial charge on any atom is 0.407 e.